The molecule has 1 heteroatoms. The van der Waals surface area contributed by atoms with Crippen molar-refractivity contribution in [3.05, 3.63) is 127 Å². The van der Waals surface area contributed by atoms with Gasteiger partial charge in [0.1, 0.15) is 0 Å². The quantitative estimate of drug-likeness (QED) is 0.268. The predicted octanol–water partition coefficient (Wildman–Crippen LogP) is 9.42. The van der Waals surface area contributed by atoms with Crippen molar-refractivity contribution < 1.29 is 0 Å². The van der Waals surface area contributed by atoms with Crippen LogP contribution in [0, 0.1) is 6.92 Å². The summed E-state index contributed by atoms with van der Waals surface area (Å²) < 4.78 is 0. The third-order valence-corrected chi connectivity index (χ3v) is 6.99. The van der Waals surface area contributed by atoms with E-state index in [0.717, 1.165) is 11.4 Å². The van der Waals surface area contributed by atoms with E-state index in [1.165, 1.54) is 55.0 Å². The molecule has 6 aromatic carbocycles. The third-order valence-electron chi connectivity index (χ3n) is 6.99. The summed E-state index contributed by atoms with van der Waals surface area (Å²) in [5.41, 5.74) is 10.2. The molecule has 1 aliphatic rings. The van der Waals surface area contributed by atoms with E-state index >= 15 is 0 Å². The summed E-state index contributed by atoms with van der Waals surface area (Å²) in [6.07, 6.45) is 0. The van der Waals surface area contributed by atoms with E-state index in [2.05, 4.69) is 133 Å². The lowest BCUT2D eigenvalue weighted by molar-refractivity contribution is 1.28. The molecule has 0 aromatic heterocycles. The Balaban J connectivity index is 1.37. The molecular weight excluding hydrogens is 410 g/mol. The zero-order chi connectivity index (χ0) is 22.6. The van der Waals surface area contributed by atoms with Crippen molar-refractivity contribution in [3.8, 4) is 22.3 Å². The maximum Gasteiger partial charge on any atom is 0.0468 e. The first kappa shape index (κ1) is 19.1. The van der Waals surface area contributed by atoms with E-state index in [0.29, 0.717) is 0 Å². The van der Waals surface area contributed by atoms with Crippen molar-refractivity contribution in [2.75, 3.05) is 4.90 Å². The Labute approximate surface area is 199 Å². The van der Waals surface area contributed by atoms with Crippen LogP contribution in [0.1, 0.15) is 5.56 Å². The van der Waals surface area contributed by atoms with Crippen LogP contribution in [0.2, 0.25) is 0 Å². The summed E-state index contributed by atoms with van der Waals surface area (Å²) in [5.74, 6) is 0. The van der Waals surface area contributed by atoms with Crippen LogP contribution in [0.15, 0.2) is 121 Å². The summed E-state index contributed by atoms with van der Waals surface area (Å²) in [4.78, 5) is 2.33. The molecule has 1 nitrogen and oxygen atoms in total. The monoisotopic (exact) mass is 433 g/mol. The summed E-state index contributed by atoms with van der Waals surface area (Å²) >= 11 is 0. The zero-order valence-corrected chi connectivity index (χ0v) is 19.0. The smallest absolute Gasteiger partial charge is 0.0468 e. The Morgan fingerprint density at radius 3 is 1.47 bits per heavy atom. The van der Waals surface area contributed by atoms with Gasteiger partial charge in [0.2, 0.25) is 0 Å². The number of nitrogens with zero attached hydrogens (tertiary/aromatic N) is 1. The van der Waals surface area contributed by atoms with Gasteiger partial charge >= 0.3 is 0 Å². The first-order valence-electron chi connectivity index (χ1n) is 11.8. The molecule has 6 aromatic rings. The van der Waals surface area contributed by atoms with E-state index in [1.54, 1.807) is 0 Å². The Morgan fingerprint density at radius 2 is 0.853 bits per heavy atom. The lowest BCUT2D eigenvalue weighted by atomic mass is 9.78. The Hall–Kier alpha value is -4.36. The first-order chi connectivity index (χ1) is 16.7. The third kappa shape index (κ3) is 2.94. The molecule has 0 saturated heterocycles. The number of para-hydroxylation sites is 1. The fraction of sp³-hybridized carbons (Fsp3) is 0.0303. The molecule has 0 unspecified atom stereocenters. The molecule has 34 heavy (non-hydrogen) atoms. The van der Waals surface area contributed by atoms with Crippen LogP contribution in [-0.4, -0.2) is 0 Å². The summed E-state index contributed by atoms with van der Waals surface area (Å²) in [7, 11) is 0. The molecule has 0 aliphatic heterocycles. The van der Waals surface area contributed by atoms with Gasteiger partial charge in [-0.05, 0) is 111 Å². The van der Waals surface area contributed by atoms with Crippen molar-refractivity contribution in [2.24, 2.45) is 0 Å². The van der Waals surface area contributed by atoms with Crippen molar-refractivity contribution >= 4 is 38.6 Å². The largest absolute Gasteiger partial charge is 0.310 e. The SMILES string of the molecule is Cc1ccc(N(c2ccccc2)c2ccc3cc4c(cc3c2)-c2cc3ccccc3cc2-4)cc1. The summed E-state index contributed by atoms with van der Waals surface area (Å²) in [5, 5.41) is 5.15. The Kier molecular flexibility index (Phi) is 4.13. The molecule has 0 heterocycles. The molecule has 1 aliphatic carbocycles. The van der Waals surface area contributed by atoms with Gasteiger partial charge in [-0.15, -0.1) is 0 Å². The topological polar surface area (TPSA) is 3.24 Å². The normalized spacial score (nSPS) is 11.7. The first-order valence-corrected chi connectivity index (χ1v) is 11.8. The van der Waals surface area contributed by atoms with Gasteiger partial charge in [0.15, 0.2) is 0 Å². The number of benzene rings is 6. The van der Waals surface area contributed by atoms with E-state index in [4.69, 9.17) is 0 Å². The van der Waals surface area contributed by atoms with Crippen molar-refractivity contribution in [1.29, 1.82) is 0 Å². The van der Waals surface area contributed by atoms with Crippen LogP contribution in [0.25, 0.3) is 43.8 Å². The second kappa shape index (κ2) is 7.33. The van der Waals surface area contributed by atoms with E-state index in [1.807, 2.05) is 0 Å². The van der Waals surface area contributed by atoms with Gasteiger partial charge < -0.3 is 4.90 Å². The van der Waals surface area contributed by atoms with Crippen LogP contribution in [-0.2, 0) is 0 Å². The second-order valence-electron chi connectivity index (χ2n) is 9.18. The highest BCUT2D eigenvalue weighted by Gasteiger charge is 2.24. The average molecular weight is 434 g/mol. The van der Waals surface area contributed by atoms with Gasteiger partial charge in [-0.1, -0.05) is 66.2 Å². The Morgan fingerprint density at radius 1 is 0.382 bits per heavy atom. The highest BCUT2D eigenvalue weighted by atomic mass is 15.1. The minimum atomic E-state index is 1.16. The van der Waals surface area contributed by atoms with Crippen LogP contribution in [0.4, 0.5) is 17.1 Å². The molecule has 0 atom stereocenters. The molecule has 160 valence electrons. The second-order valence-corrected chi connectivity index (χ2v) is 9.18. The number of hydrogen-bond donors (Lipinski definition) is 0. The van der Waals surface area contributed by atoms with Gasteiger partial charge in [-0.3, -0.25) is 0 Å². The van der Waals surface area contributed by atoms with E-state index in [9.17, 15) is 0 Å². The summed E-state index contributed by atoms with van der Waals surface area (Å²) in [6.45, 7) is 2.13. The zero-order valence-electron chi connectivity index (χ0n) is 19.0. The van der Waals surface area contributed by atoms with Gasteiger partial charge in [0.05, 0.1) is 0 Å². The summed E-state index contributed by atoms with van der Waals surface area (Å²) in [6, 6.07) is 44.2. The van der Waals surface area contributed by atoms with Gasteiger partial charge in [-0.2, -0.15) is 0 Å². The maximum absolute atomic E-state index is 2.36. The molecule has 0 N–H and O–H groups in total. The highest BCUT2D eigenvalue weighted by Crippen LogP contribution is 2.50. The molecule has 0 radical (unpaired) electrons. The molecule has 0 spiro atoms. The van der Waals surface area contributed by atoms with Crippen molar-refractivity contribution in [2.45, 2.75) is 6.92 Å². The molecule has 0 amide bonds. The van der Waals surface area contributed by atoms with E-state index < -0.39 is 0 Å². The van der Waals surface area contributed by atoms with Crippen molar-refractivity contribution in [1.82, 2.24) is 0 Å². The van der Waals surface area contributed by atoms with Crippen LogP contribution in [0.5, 0.6) is 0 Å². The average Bonchev–Trinajstić information content (AvgIpc) is 2.88. The van der Waals surface area contributed by atoms with Gasteiger partial charge in [0, 0.05) is 17.1 Å². The molecule has 0 fully saturated rings. The van der Waals surface area contributed by atoms with Gasteiger partial charge in [-0.25, -0.2) is 0 Å². The Bertz CT molecular complexity index is 1700. The standard InChI is InChI=1S/C33H23N/c1-22-11-14-28(15-12-22)34(27-9-3-2-4-10-27)29-16-13-25-20-32-30-18-23-7-5-6-8-24(23)19-31(30)33(32)21-26(25)17-29/h2-21H,1H3. The molecule has 0 bridgehead atoms. The minimum absolute atomic E-state index is 1.16. The lowest BCUT2D eigenvalue weighted by Gasteiger charge is -2.28. The fourth-order valence-electron chi connectivity index (χ4n) is 5.21. The number of hydrogen-bond acceptors (Lipinski definition) is 1. The lowest BCUT2D eigenvalue weighted by Crippen LogP contribution is -2.09. The van der Waals surface area contributed by atoms with Crippen molar-refractivity contribution in [3.63, 3.8) is 0 Å². The number of fused-ring (bicyclic) bond motifs is 6. The fourth-order valence-corrected chi connectivity index (χ4v) is 5.21. The highest BCUT2D eigenvalue weighted by molar-refractivity contribution is 6.12. The van der Waals surface area contributed by atoms with E-state index in [-0.39, 0.29) is 0 Å². The van der Waals surface area contributed by atoms with Gasteiger partial charge in [0.25, 0.3) is 0 Å². The van der Waals surface area contributed by atoms with Crippen LogP contribution < -0.4 is 4.90 Å². The number of anilines is 3. The predicted molar refractivity (Wildman–Crippen MR) is 145 cm³/mol. The molecular formula is C33H23N. The minimum Gasteiger partial charge on any atom is -0.310 e. The van der Waals surface area contributed by atoms with Crippen LogP contribution in [0.3, 0.4) is 0 Å². The molecule has 7 rings (SSSR count). The van der Waals surface area contributed by atoms with Crippen LogP contribution >= 0.6 is 0 Å². The number of rotatable bonds is 3. The molecule has 0 saturated carbocycles. The maximum atomic E-state index is 2.36. The number of aryl methyl sites for hydroxylation is 1.